The lowest BCUT2D eigenvalue weighted by Gasteiger charge is -2.40. The van der Waals surface area contributed by atoms with Crippen LogP contribution in [0.2, 0.25) is 0 Å². The molecule has 0 radical (unpaired) electrons. The lowest BCUT2D eigenvalue weighted by atomic mass is 9.77. The van der Waals surface area contributed by atoms with Crippen LogP contribution in [0.1, 0.15) is 65.2 Å². The normalized spacial score (nSPS) is 34.9. The van der Waals surface area contributed by atoms with Gasteiger partial charge in [0.25, 0.3) is 0 Å². The standard InChI is InChI=1S/C15H29N/c1-3-13(2)14-7-9-15(10-8-14)16-11-5-4-6-12-16/h13-15H,3-12H2,1-2H3. The van der Waals surface area contributed by atoms with Gasteiger partial charge in [-0.2, -0.15) is 0 Å². The fourth-order valence-corrected chi connectivity index (χ4v) is 3.65. The summed E-state index contributed by atoms with van der Waals surface area (Å²) in [6.07, 6.45) is 11.7. The van der Waals surface area contributed by atoms with Crippen LogP contribution in [0.25, 0.3) is 0 Å². The van der Waals surface area contributed by atoms with Crippen LogP contribution in [0.5, 0.6) is 0 Å². The number of likely N-dealkylation sites (tertiary alicyclic amines) is 1. The van der Waals surface area contributed by atoms with Gasteiger partial charge in [0.2, 0.25) is 0 Å². The van der Waals surface area contributed by atoms with Gasteiger partial charge in [-0.3, -0.25) is 0 Å². The Kier molecular flexibility index (Phi) is 4.69. The molecule has 0 aromatic carbocycles. The fraction of sp³-hybridized carbons (Fsp3) is 1.00. The van der Waals surface area contributed by atoms with Crippen molar-refractivity contribution in [3.63, 3.8) is 0 Å². The van der Waals surface area contributed by atoms with E-state index in [1.54, 1.807) is 0 Å². The molecule has 2 aliphatic rings. The summed E-state index contributed by atoms with van der Waals surface area (Å²) in [4.78, 5) is 2.79. The summed E-state index contributed by atoms with van der Waals surface area (Å²) in [6.45, 7) is 7.57. The Morgan fingerprint density at radius 2 is 1.62 bits per heavy atom. The second kappa shape index (κ2) is 6.05. The summed E-state index contributed by atoms with van der Waals surface area (Å²) < 4.78 is 0. The van der Waals surface area contributed by atoms with Crippen LogP contribution in [-0.4, -0.2) is 24.0 Å². The number of hydrogen-bond donors (Lipinski definition) is 0. The minimum Gasteiger partial charge on any atom is -0.300 e. The van der Waals surface area contributed by atoms with Gasteiger partial charge in [-0.05, 0) is 63.5 Å². The molecule has 1 saturated carbocycles. The van der Waals surface area contributed by atoms with Crippen LogP contribution in [0.4, 0.5) is 0 Å². The predicted octanol–water partition coefficient (Wildman–Crippen LogP) is 4.08. The SMILES string of the molecule is CCC(C)C1CCC(N2CCCCC2)CC1. The minimum atomic E-state index is 0.945. The Balaban J connectivity index is 1.75. The molecule has 1 nitrogen and oxygen atoms in total. The van der Waals surface area contributed by atoms with Crippen LogP contribution in [-0.2, 0) is 0 Å². The first-order valence-corrected chi connectivity index (χ1v) is 7.55. The van der Waals surface area contributed by atoms with E-state index in [4.69, 9.17) is 0 Å². The molecule has 1 aliphatic carbocycles. The van der Waals surface area contributed by atoms with Crippen molar-refractivity contribution in [3.8, 4) is 0 Å². The average Bonchev–Trinajstić information content (AvgIpc) is 2.39. The van der Waals surface area contributed by atoms with Crippen molar-refractivity contribution in [2.45, 2.75) is 71.3 Å². The molecule has 1 atom stereocenters. The quantitative estimate of drug-likeness (QED) is 0.697. The molecule has 0 aromatic heterocycles. The van der Waals surface area contributed by atoms with Crippen molar-refractivity contribution in [1.82, 2.24) is 4.90 Å². The van der Waals surface area contributed by atoms with Gasteiger partial charge in [-0.25, -0.2) is 0 Å². The third-order valence-corrected chi connectivity index (χ3v) is 5.10. The monoisotopic (exact) mass is 223 g/mol. The minimum absolute atomic E-state index is 0.945. The molecule has 0 bridgehead atoms. The Morgan fingerprint density at radius 1 is 1.00 bits per heavy atom. The Bertz CT molecular complexity index is 188. The van der Waals surface area contributed by atoms with E-state index < -0.39 is 0 Å². The lowest BCUT2D eigenvalue weighted by molar-refractivity contribution is 0.102. The second-order valence-corrected chi connectivity index (χ2v) is 6.05. The van der Waals surface area contributed by atoms with Crippen LogP contribution >= 0.6 is 0 Å². The maximum absolute atomic E-state index is 2.79. The van der Waals surface area contributed by atoms with E-state index in [-0.39, 0.29) is 0 Å². The number of nitrogens with zero attached hydrogens (tertiary/aromatic N) is 1. The zero-order valence-corrected chi connectivity index (χ0v) is 11.3. The van der Waals surface area contributed by atoms with Gasteiger partial charge in [0.1, 0.15) is 0 Å². The molecule has 1 heterocycles. The van der Waals surface area contributed by atoms with E-state index >= 15 is 0 Å². The molecule has 1 saturated heterocycles. The molecular formula is C15H29N. The highest BCUT2D eigenvalue weighted by atomic mass is 15.2. The molecule has 94 valence electrons. The first kappa shape index (κ1) is 12.4. The van der Waals surface area contributed by atoms with Crippen molar-refractivity contribution in [2.75, 3.05) is 13.1 Å². The van der Waals surface area contributed by atoms with Gasteiger partial charge in [0.05, 0.1) is 0 Å². The highest BCUT2D eigenvalue weighted by Gasteiger charge is 2.28. The van der Waals surface area contributed by atoms with Crippen molar-refractivity contribution < 1.29 is 0 Å². The van der Waals surface area contributed by atoms with Crippen LogP contribution in [0, 0.1) is 11.8 Å². The molecule has 2 rings (SSSR count). The molecule has 1 heteroatoms. The lowest BCUT2D eigenvalue weighted by Crippen LogP contribution is -2.41. The van der Waals surface area contributed by atoms with E-state index in [2.05, 4.69) is 18.7 Å². The Labute approximate surface area is 102 Å². The van der Waals surface area contributed by atoms with Gasteiger partial charge < -0.3 is 4.90 Å². The molecular weight excluding hydrogens is 194 g/mol. The van der Waals surface area contributed by atoms with Gasteiger partial charge >= 0.3 is 0 Å². The van der Waals surface area contributed by atoms with E-state index in [0.29, 0.717) is 0 Å². The van der Waals surface area contributed by atoms with Gasteiger partial charge in [-0.15, -0.1) is 0 Å². The first-order valence-electron chi connectivity index (χ1n) is 7.55. The van der Waals surface area contributed by atoms with Crippen LogP contribution < -0.4 is 0 Å². The largest absolute Gasteiger partial charge is 0.300 e. The van der Waals surface area contributed by atoms with Gasteiger partial charge in [0, 0.05) is 6.04 Å². The summed E-state index contributed by atoms with van der Waals surface area (Å²) in [5, 5.41) is 0. The molecule has 1 aliphatic heterocycles. The zero-order chi connectivity index (χ0) is 11.4. The van der Waals surface area contributed by atoms with Crippen LogP contribution in [0.15, 0.2) is 0 Å². The highest BCUT2D eigenvalue weighted by Crippen LogP contribution is 2.34. The molecule has 2 fully saturated rings. The Morgan fingerprint density at radius 3 is 2.19 bits per heavy atom. The van der Waals surface area contributed by atoms with Gasteiger partial charge in [-0.1, -0.05) is 26.7 Å². The van der Waals surface area contributed by atoms with Crippen molar-refractivity contribution >= 4 is 0 Å². The van der Waals surface area contributed by atoms with E-state index in [1.165, 1.54) is 64.5 Å². The van der Waals surface area contributed by atoms with Crippen LogP contribution in [0.3, 0.4) is 0 Å². The summed E-state index contributed by atoms with van der Waals surface area (Å²) in [6, 6.07) is 0.945. The molecule has 0 spiro atoms. The molecule has 0 amide bonds. The third kappa shape index (κ3) is 3.00. The summed E-state index contributed by atoms with van der Waals surface area (Å²) in [7, 11) is 0. The van der Waals surface area contributed by atoms with Crippen molar-refractivity contribution in [3.05, 3.63) is 0 Å². The topological polar surface area (TPSA) is 3.24 Å². The zero-order valence-electron chi connectivity index (χ0n) is 11.3. The van der Waals surface area contributed by atoms with Crippen molar-refractivity contribution in [2.24, 2.45) is 11.8 Å². The molecule has 0 N–H and O–H groups in total. The maximum atomic E-state index is 2.79. The maximum Gasteiger partial charge on any atom is 0.00954 e. The number of hydrogen-bond acceptors (Lipinski definition) is 1. The fourth-order valence-electron chi connectivity index (χ4n) is 3.65. The Hall–Kier alpha value is -0.0400. The van der Waals surface area contributed by atoms with Crippen molar-refractivity contribution in [1.29, 1.82) is 0 Å². The average molecular weight is 223 g/mol. The third-order valence-electron chi connectivity index (χ3n) is 5.10. The molecule has 1 unspecified atom stereocenters. The van der Waals surface area contributed by atoms with Gasteiger partial charge in [0.15, 0.2) is 0 Å². The van der Waals surface area contributed by atoms with E-state index in [9.17, 15) is 0 Å². The van der Waals surface area contributed by atoms with E-state index in [0.717, 1.165) is 17.9 Å². The number of rotatable bonds is 3. The highest BCUT2D eigenvalue weighted by molar-refractivity contribution is 4.82. The summed E-state index contributed by atoms with van der Waals surface area (Å²) in [5.41, 5.74) is 0. The second-order valence-electron chi connectivity index (χ2n) is 6.05. The number of piperidine rings is 1. The summed E-state index contributed by atoms with van der Waals surface area (Å²) in [5.74, 6) is 1.99. The predicted molar refractivity (Wildman–Crippen MR) is 70.6 cm³/mol. The smallest absolute Gasteiger partial charge is 0.00954 e. The molecule has 16 heavy (non-hydrogen) atoms. The summed E-state index contributed by atoms with van der Waals surface area (Å²) >= 11 is 0. The molecule has 0 aromatic rings. The first-order chi connectivity index (χ1) is 7.81. The van der Waals surface area contributed by atoms with E-state index in [1.807, 2.05) is 0 Å².